The van der Waals surface area contributed by atoms with Gasteiger partial charge in [-0.05, 0) is 30.0 Å². The van der Waals surface area contributed by atoms with Crippen molar-refractivity contribution in [2.24, 2.45) is 0 Å². The molecule has 0 saturated heterocycles. The number of nitrogens with zero attached hydrogens (tertiary/aromatic N) is 4. The van der Waals surface area contributed by atoms with E-state index in [1.54, 1.807) is 0 Å². The topological polar surface area (TPSA) is 99.3 Å². The van der Waals surface area contributed by atoms with Crippen molar-refractivity contribution in [2.45, 2.75) is 6.92 Å². The summed E-state index contributed by atoms with van der Waals surface area (Å²) in [6, 6.07) is 12.3. The van der Waals surface area contributed by atoms with Crippen molar-refractivity contribution >= 4 is 28.1 Å². The van der Waals surface area contributed by atoms with Crippen molar-refractivity contribution in [1.82, 2.24) is 5.16 Å². The fourth-order valence-corrected chi connectivity index (χ4v) is 2.41. The molecule has 0 bridgehead atoms. The summed E-state index contributed by atoms with van der Waals surface area (Å²) < 4.78 is 4.56. The minimum atomic E-state index is -0.590. The Labute approximate surface area is 124 Å². The molecule has 0 radical (unpaired) electrons. The normalized spacial score (nSPS) is 10.8. The van der Waals surface area contributed by atoms with E-state index in [4.69, 9.17) is 0 Å². The van der Waals surface area contributed by atoms with Crippen LogP contribution in [0.3, 0.4) is 0 Å². The van der Waals surface area contributed by atoms with Crippen LogP contribution in [0.25, 0.3) is 11.0 Å². The molecule has 1 heterocycles. The van der Waals surface area contributed by atoms with Gasteiger partial charge in [0.2, 0.25) is 0 Å². The van der Waals surface area contributed by atoms with Gasteiger partial charge in [0, 0.05) is 18.3 Å². The maximum absolute atomic E-state index is 11.9. The largest absolute Gasteiger partial charge is 0.359 e. The van der Waals surface area contributed by atoms with Crippen LogP contribution in [0.1, 0.15) is 6.92 Å². The van der Waals surface area contributed by atoms with Crippen LogP contribution < -0.4 is 9.80 Å². The predicted octanol–water partition coefficient (Wildman–Crippen LogP) is 2.53. The molecule has 112 valence electrons. The quantitative estimate of drug-likeness (QED) is 0.417. The minimum absolute atomic E-state index is 0.0416. The lowest BCUT2D eigenvalue weighted by Gasteiger charge is -2.22. The van der Waals surface area contributed by atoms with E-state index in [-0.39, 0.29) is 21.6 Å². The third-order valence-corrected chi connectivity index (χ3v) is 3.37. The molecule has 0 amide bonds. The van der Waals surface area contributed by atoms with Crippen molar-refractivity contribution in [3.05, 3.63) is 57.8 Å². The lowest BCUT2D eigenvalue weighted by Crippen LogP contribution is -2.26. The summed E-state index contributed by atoms with van der Waals surface area (Å²) in [6.45, 7) is 2.49. The molecule has 0 fully saturated rings. The number of benzene rings is 2. The Morgan fingerprint density at radius 1 is 1.27 bits per heavy atom. The Balaban J connectivity index is 2.25. The highest BCUT2D eigenvalue weighted by Crippen LogP contribution is 2.33. The number of fused-ring (bicyclic) bond motifs is 1. The highest BCUT2D eigenvalue weighted by Gasteiger charge is 2.28. The molecule has 2 aromatic carbocycles. The molecule has 3 aromatic rings. The third kappa shape index (κ3) is 2.10. The summed E-state index contributed by atoms with van der Waals surface area (Å²) in [4.78, 5) is 12.5. The average Bonchev–Trinajstić information content (AvgIpc) is 2.91. The molecule has 3 rings (SSSR count). The Hall–Kier alpha value is -3.16. The van der Waals surface area contributed by atoms with Gasteiger partial charge in [-0.3, -0.25) is 14.7 Å². The molecule has 22 heavy (non-hydrogen) atoms. The molecule has 1 aromatic heterocycles. The van der Waals surface area contributed by atoms with Gasteiger partial charge in [0.25, 0.3) is 5.52 Å². The first-order valence-electron chi connectivity index (χ1n) is 6.63. The van der Waals surface area contributed by atoms with E-state index < -0.39 is 4.92 Å². The van der Waals surface area contributed by atoms with E-state index in [1.807, 2.05) is 42.2 Å². The number of hydrogen-bond acceptors (Lipinski definition) is 6. The number of rotatable bonds is 4. The van der Waals surface area contributed by atoms with Crippen molar-refractivity contribution in [3.63, 3.8) is 0 Å². The van der Waals surface area contributed by atoms with Crippen molar-refractivity contribution in [3.8, 4) is 0 Å². The van der Waals surface area contributed by atoms with E-state index in [2.05, 4.69) is 9.79 Å². The Morgan fingerprint density at radius 3 is 2.64 bits per heavy atom. The number of anilines is 2. The lowest BCUT2D eigenvalue weighted by molar-refractivity contribution is -0.782. The fourth-order valence-electron chi connectivity index (χ4n) is 2.41. The summed E-state index contributed by atoms with van der Waals surface area (Å²) in [7, 11) is 0. The number of aromatic nitrogens is 2. The summed E-state index contributed by atoms with van der Waals surface area (Å²) in [6.07, 6.45) is 0. The van der Waals surface area contributed by atoms with Gasteiger partial charge in [-0.2, -0.15) is 0 Å². The molecule has 0 spiro atoms. The number of para-hydroxylation sites is 1. The van der Waals surface area contributed by atoms with Gasteiger partial charge in [0.15, 0.2) is 0 Å². The molecular formula is C14H12N4O4. The molecule has 8 heteroatoms. The average molecular weight is 300 g/mol. The molecule has 0 aliphatic carbocycles. The van der Waals surface area contributed by atoms with E-state index in [0.717, 1.165) is 5.69 Å². The van der Waals surface area contributed by atoms with Crippen LogP contribution in [0.15, 0.2) is 47.1 Å². The Bertz CT molecular complexity index is 831. The maximum Gasteiger partial charge on any atom is 0.327 e. The summed E-state index contributed by atoms with van der Waals surface area (Å²) >= 11 is 0. The minimum Gasteiger partial charge on any atom is -0.359 e. The van der Waals surface area contributed by atoms with Gasteiger partial charge in [-0.15, -0.1) is 0 Å². The van der Waals surface area contributed by atoms with Gasteiger partial charge in [0.1, 0.15) is 0 Å². The molecule has 0 N–H and O–H groups in total. The third-order valence-electron chi connectivity index (χ3n) is 3.37. The second kappa shape index (κ2) is 5.32. The van der Waals surface area contributed by atoms with Gasteiger partial charge in [-0.1, -0.05) is 18.2 Å². The van der Waals surface area contributed by atoms with Crippen LogP contribution in [-0.2, 0) is 0 Å². The SMILES string of the molecule is CCN(c1ccccc1)c1ccc([N+](=O)[O-])c2no[n+]([O-])c12. The monoisotopic (exact) mass is 300 g/mol. The zero-order chi connectivity index (χ0) is 15.7. The summed E-state index contributed by atoms with van der Waals surface area (Å²) in [5.41, 5.74) is 1.08. The van der Waals surface area contributed by atoms with Gasteiger partial charge < -0.3 is 10.1 Å². The predicted molar refractivity (Wildman–Crippen MR) is 78.7 cm³/mol. The van der Waals surface area contributed by atoms with Crippen LogP contribution in [-0.4, -0.2) is 16.6 Å². The number of nitro groups is 1. The molecule has 0 aliphatic heterocycles. The Morgan fingerprint density at radius 2 is 2.00 bits per heavy atom. The number of non-ortho nitro benzene ring substituents is 1. The number of nitro benzene ring substituents is 1. The van der Waals surface area contributed by atoms with Gasteiger partial charge in [0.05, 0.1) is 15.8 Å². The van der Waals surface area contributed by atoms with E-state index >= 15 is 0 Å². The number of hydrogen-bond donors (Lipinski definition) is 0. The van der Waals surface area contributed by atoms with E-state index in [1.165, 1.54) is 12.1 Å². The first kappa shape index (κ1) is 13.8. The van der Waals surface area contributed by atoms with Crippen LogP contribution in [0.4, 0.5) is 17.1 Å². The second-order valence-electron chi connectivity index (χ2n) is 4.57. The molecule has 8 nitrogen and oxygen atoms in total. The van der Waals surface area contributed by atoms with Crippen LogP contribution in [0.5, 0.6) is 0 Å². The fraction of sp³-hybridized carbons (Fsp3) is 0.143. The van der Waals surface area contributed by atoms with Gasteiger partial charge >= 0.3 is 11.2 Å². The summed E-state index contributed by atoms with van der Waals surface area (Å²) in [5, 5.41) is 26.4. The first-order chi connectivity index (χ1) is 10.6. The maximum atomic E-state index is 11.9. The molecule has 0 unspecified atom stereocenters. The first-order valence-corrected chi connectivity index (χ1v) is 6.63. The zero-order valence-corrected chi connectivity index (χ0v) is 11.7. The van der Waals surface area contributed by atoms with E-state index in [0.29, 0.717) is 12.2 Å². The highest BCUT2D eigenvalue weighted by molar-refractivity contribution is 5.93. The van der Waals surface area contributed by atoms with Crippen molar-refractivity contribution in [1.29, 1.82) is 0 Å². The standard InChI is InChI=1S/C14H12N4O4/c1-2-16(10-6-4-3-5-7-10)12-9-8-11(17(19)20)13-14(12)18(21)22-15-13/h3-9H,2H2,1H3. The molecule has 0 saturated carbocycles. The van der Waals surface area contributed by atoms with Crippen molar-refractivity contribution < 1.29 is 14.5 Å². The Kier molecular flexibility index (Phi) is 3.34. The molecule has 0 aliphatic rings. The smallest absolute Gasteiger partial charge is 0.327 e. The second-order valence-corrected chi connectivity index (χ2v) is 4.57. The van der Waals surface area contributed by atoms with Crippen molar-refractivity contribution in [2.75, 3.05) is 11.4 Å². The van der Waals surface area contributed by atoms with Gasteiger partial charge in [-0.25, -0.2) is 0 Å². The highest BCUT2D eigenvalue weighted by atomic mass is 16.8. The van der Waals surface area contributed by atoms with Crippen LogP contribution >= 0.6 is 0 Å². The molecule has 0 atom stereocenters. The van der Waals surface area contributed by atoms with Crippen LogP contribution in [0.2, 0.25) is 0 Å². The molecular weight excluding hydrogens is 288 g/mol. The van der Waals surface area contributed by atoms with Crippen LogP contribution in [0, 0.1) is 15.3 Å². The lowest BCUT2D eigenvalue weighted by atomic mass is 10.2. The van der Waals surface area contributed by atoms with E-state index in [9.17, 15) is 15.3 Å². The summed E-state index contributed by atoms with van der Waals surface area (Å²) in [5.74, 6) is 0. The zero-order valence-electron chi connectivity index (χ0n) is 11.7.